The van der Waals surface area contributed by atoms with Crippen LogP contribution in [0, 0.1) is 0 Å². The molecule has 9 nitrogen and oxygen atoms in total. The third-order valence-corrected chi connectivity index (χ3v) is 4.21. The Balaban J connectivity index is 1.66. The van der Waals surface area contributed by atoms with Gasteiger partial charge in [0.25, 0.3) is 5.91 Å². The van der Waals surface area contributed by atoms with Crippen LogP contribution in [0.25, 0.3) is 5.65 Å². The minimum Gasteiger partial charge on any atom is -0.377 e. The monoisotopic (exact) mass is 327 g/mol. The van der Waals surface area contributed by atoms with Crippen LogP contribution in [-0.2, 0) is 17.9 Å². The highest BCUT2D eigenvalue weighted by atomic mass is 16.5. The molecule has 1 aliphatic rings. The molecule has 0 saturated heterocycles. The number of hydrogen-bond acceptors (Lipinski definition) is 6. The van der Waals surface area contributed by atoms with Crippen molar-refractivity contribution in [3.63, 3.8) is 0 Å². The highest BCUT2D eigenvalue weighted by Crippen LogP contribution is 2.24. The molecule has 0 bridgehead atoms. The van der Waals surface area contributed by atoms with Crippen LogP contribution < -0.4 is 0 Å². The summed E-state index contributed by atoms with van der Waals surface area (Å²) in [6, 6.07) is 3.67. The maximum Gasteiger partial charge on any atom is 0.258 e. The second kappa shape index (κ2) is 5.68. The first-order valence-corrected chi connectivity index (χ1v) is 7.68. The lowest BCUT2D eigenvalue weighted by Gasteiger charge is -2.32. The summed E-state index contributed by atoms with van der Waals surface area (Å²) in [6.07, 6.45) is 3.40. The van der Waals surface area contributed by atoms with Crippen molar-refractivity contribution in [2.24, 2.45) is 0 Å². The van der Waals surface area contributed by atoms with E-state index in [1.165, 1.54) is 0 Å². The molecule has 0 fully saturated rings. The number of nitrogens with zero attached hydrogens (tertiary/aromatic N) is 7. The number of hydrogen-bond donors (Lipinski definition) is 0. The lowest BCUT2D eigenvalue weighted by molar-refractivity contribution is 0.0676. The predicted molar refractivity (Wildman–Crippen MR) is 83.2 cm³/mol. The molecule has 3 aromatic rings. The Morgan fingerprint density at radius 2 is 2.25 bits per heavy atom. The molecule has 0 aliphatic carbocycles. The fourth-order valence-electron chi connectivity index (χ4n) is 3.18. The topological polar surface area (TPSA) is 90.4 Å². The number of methoxy groups -OCH3 is 1. The number of carbonyl (C=O) groups excluding carboxylic acids is 1. The van der Waals surface area contributed by atoms with Gasteiger partial charge in [-0.2, -0.15) is 0 Å². The fraction of sp³-hybridized carbons (Fsp3) is 0.400. The van der Waals surface area contributed by atoms with E-state index < -0.39 is 0 Å². The van der Waals surface area contributed by atoms with Gasteiger partial charge in [-0.3, -0.25) is 9.20 Å². The summed E-state index contributed by atoms with van der Waals surface area (Å²) in [4.78, 5) is 14.7. The molecule has 0 spiro atoms. The van der Waals surface area contributed by atoms with Gasteiger partial charge in [0, 0.05) is 19.9 Å². The van der Waals surface area contributed by atoms with Crippen molar-refractivity contribution in [1.29, 1.82) is 0 Å². The Bertz CT molecular complexity index is 900. The van der Waals surface area contributed by atoms with E-state index in [-0.39, 0.29) is 11.9 Å². The third-order valence-electron chi connectivity index (χ3n) is 4.21. The molecule has 3 aromatic heterocycles. The maximum absolute atomic E-state index is 13.0. The van der Waals surface area contributed by atoms with E-state index in [0.29, 0.717) is 30.9 Å². The zero-order chi connectivity index (χ0) is 16.7. The van der Waals surface area contributed by atoms with Gasteiger partial charge in [0.2, 0.25) is 0 Å². The van der Waals surface area contributed by atoms with Gasteiger partial charge in [0.05, 0.1) is 18.2 Å². The Morgan fingerprint density at radius 1 is 1.38 bits per heavy atom. The fourth-order valence-corrected chi connectivity index (χ4v) is 3.18. The molecular formula is C15H17N7O2. The first-order valence-electron chi connectivity index (χ1n) is 7.68. The quantitative estimate of drug-likeness (QED) is 0.703. The normalized spacial score (nSPS) is 17.2. The summed E-state index contributed by atoms with van der Waals surface area (Å²) in [5, 5.41) is 16.3. The van der Waals surface area contributed by atoms with Crippen LogP contribution in [0.1, 0.15) is 35.0 Å². The molecule has 0 radical (unpaired) electrons. The zero-order valence-electron chi connectivity index (χ0n) is 13.5. The van der Waals surface area contributed by atoms with E-state index in [1.54, 1.807) is 28.8 Å². The number of amides is 1. The smallest absolute Gasteiger partial charge is 0.258 e. The van der Waals surface area contributed by atoms with Crippen LogP contribution in [0.3, 0.4) is 0 Å². The number of carbonyl (C=O) groups is 1. The van der Waals surface area contributed by atoms with Gasteiger partial charge < -0.3 is 14.2 Å². The Kier molecular flexibility index (Phi) is 3.49. The molecule has 4 heterocycles. The van der Waals surface area contributed by atoms with Crippen molar-refractivity contribution in [3.8, 4) is 0 Å². The molecule has 4 rings (SSSR count). The molecule has 0 N–H and O–H groups in total. The van der Waals surface area contributed by atoms with Crippen LogP contribution in [0.4, 0.5) is 0 Å². The number of rotatable bonds is 3. The van der Waals surface area contributed by atoms with Gasteiger partial charge in [-0.1, -0.05) is 0 Å². The summed E-state index contributed by atoms with van der Waals surface area (Å²) >= 11 is 0. The van der Waals surface area contributed by atoms with Crippen molar-refractivity contribution in [3.05, 3.63) is 41.9 Å². The minimum absolute atomic E-state index is 0.0791. The summed E-state index contributed by atoms with van der Waals surface area (Å²) < 4.78 is 8.94. The number of pyridine rings is 1. The van der Waals surface area contributed by atoms with E-state index in [1.807, 2.05) is 23.8 Å². The second-order valence-electron chi connectivity index (χ2n) is 5.85. The SMILES string of the molecule is COCc1nnc2n1[C@@H](C)CN(C(=O)c1cccn3cnnc13)C2. The van der Waals surface area contributed by atoms with Crippen molar-refractivity contribution in [2.45, 2.75) is 26.1 Å². The van der Waals surface area contributed by atoms with Crippen LogP contribution in [0.2, 0.25) is 0 Å². The largest absolute Gasteiger partial charge is 0.377 e. The van der Waals surface area contributed by atoms with Crippen molar-refractivity contribution in [2.75, 3.05) is 13.7 Å². The molecule has 1 aliphatic heterocycles. The minimum atomic E-state index is -0.0806. The molecule has 0 aromatic carbocycles. The second-order valence-corrected chi connectivity index (χ2v) is 5.85. The van der Waals surface area contributed by atoms with E-state index in [9.17, 15) is 4.79 Å². The maximum atomic E-state index is 13.0. The van der Waals surface area contributed by atoms with Gasteiger partial charge in [-0.15, -0.1) is 20.4 Å². The Hall–Kier alpha value is -2.81. The Labute approximate surface area is 137 Å². The molecule has 24 heavy (non-hydrogen) atoms. The lowest BCUT2D eigenvalue weighted by Crippen LogP contribution is -2.41. The molecule has 1 atom stereocenters. The first-order chi connectivity index (χ1) is 11.7. The molecule has 0 saturated carbocycles. The predicted octanol–water partition coefficient (Wildman–Crippen LogP) is 0.684. The number of ether oxygens (including phenoxy) is 1. The summed E-state index contributed by atoms with van der Waals surface area (Å²) in [6.45, 7) is 3.44. The van der Waals surface area contributed by atoms with Crippen LogP contribution in [0.15, 0.2) is 24.7 Å². The van der Waals surface area contributed by atoms with Gasteiger partial charge in [-0.05, 0) is 19.1 Å². The van der Waals surface area contributed by atoms with Crippen molar-refractivity contribution in [1.82, 2.24) is 34.3 Å². The summed E-state index contributed by atoms with van der Waals surface area (Å²) in [5.41, 5.74) is 1.09. The zero-order valence-corrected chi connectivity index (χ0v) is 13.5. The standard InChI is InChI=1S/C15H17N7O2/c1-10-6-21(7-12-17-18-13(8-24-2)22(10)12)15(23)11-4-3-5-20-9-16-19-14(11)20/h3-5,9-10H,6-8H2,1-2H3/t10-/m0/s1. The highest BCUT2D eigenvalue weighted by molar-refractivity contribution is 5.99. The van der Waals surface area contributed by atoms with E-state index in [0.717, 1.165) is 11.6 Å². The number of aromatic nitrogens is 6. The van der Waals surface area contributed by atoms with E-state index in [2.05, 4.69) is 20.4 Å². The highest BCUT2D eigenvalue weighted by Gasteiger charge is 2.30. The van der Waals surface area contributed by atoms with E-state index in [4.69, 9.17) is 4.74 Å². The van der Waals surface area contributed by atoms with E-state index >= 15 is 0 Å². The molecular weight excluding hydrogens is 310 g/mol. The van der Waals surface area contributed by atoms with Gasteiger partial charge in [0.1, 0.15) is 12.9 Å². The van der Waals surface area contributed by atoms with Crippen molar-refractivity contribution >= 4 is 11.6 Å². The summed E-state index contributed by atoms with van der Waals surface area (Å²) in [7, 11) is 1.63. The average Bonchev–Trinajstić information content (AvgIpc) is 3.21. The molecule has 124 valence electrons. The third kappa shape index (κ3) is 2.24. The molecule has 1 amide bonds. The number of fused-ring (bicyclic) bond motifs is 2. The van der Waals surface area contributed by atoms with Crippen LogP contribution >= 0.6 is 0 Å². The Morgan fingerprint density at radius 3 is 3.08 bits per heavy atom. The first kappa shape index (κ1) is 14.8. The molecule has 0 unspecified atom stereocenters. The average molecular weight is 327 g/mol. The molecule has 9 heteroatoms. The van der Waals surface area contributed by atoms with Crippen LogP contribution in [0.5, 0.6) is 0 Å². The lowest BCUT2D eigenvalue weighted by atomic mass is 10.1. The van der Waals surface area contributed by atoms with Gasteiger partial charge >= 0.3 is 0 Å². The van der Waals surface area contributed by atoms with Gasteiger partial charge in [-0.25, -0.2) is 0 Å². The summed E-state index contributed by atoms with van der Waals surface area (Å²) in [5.74, 6) is 1.47. The van der Waals surface area contributed by atoms with Crippen molar-refractivity contribution < 1.29 is 9.53 Å². The van der Waals surface area contributed by atoms with Gasteiger partial charge in [0.15, 0.2) is 17.3 Å². The van der Waals surface area contributed by atoms with Crippen LogP contribution in [-0.4, -0.2) is 53.8 Å².